The van der Waals surface area contributed by atoms with Crippen molar-refractivity contribution in [3.05, 3.63) is 34.9 Å². The second kappa shape index (κ2) is 7.50. The Hall–Kier alpha value is -1.26. The first kappa shape index (κ1) is 15.1. The number of guanidine groups is 1. The zero-order valence-electron chi connectivity index (χ0n) is 11.9. The van der Waals surface area contributed by atoms with Crippen molar-refractivity contribution in [2.45, 2.75) is 51.1 Å². The van der Waals surface area contributed by atoms with Crippen LogP contribution in [-0.2, 0) is 0 Å². The van der Waals surface area contributed by atoms with E-state index in [1.54, 1.807) is 0 Å². The fourth-order valence-electron chi connectivity index (χ4n) is 2.55. The average Bonchev–Trinajstić information content (AvgIpc) is 2.48. The minimum atomic E-state index is 0.130. The number of hydrazine groups is 1. The molecule has 2 rings (SSSR count). The molecule has 1 aliphatic rings. The molecule has 1 saturated carbocycles. The summed E-state index contributed by atoms with van der Waals surface area (Å²) in [6.07, 6.45) is 6.16. The number of nitrogens with one attached hydrogen (secondary N) is 2. The fraction of sp³-hybridized carbons (Fsp3) is 0.533. The molecule has 1 unspecified atom stereocenters. The minimum absolute atomic E-state index is 0.130. The molecule has 1 aromatic rings. The topological polar surface area (TPSA) is 62.4 Å². The monoisotopic (exact) mass is 294 g/mol. The molecular weight excluding hydrogens is 272 g/mol. The average molecular weight is 295 g/mol. The summed E-state index contributed by atoms with van der Waals surface area (Å²) in [4.78, 5) is 4.68. The van der Waals surface area contributed by atoms with E-state index in [0.717, 1.165) is 23.4 Å². The molecule has 1 fully saturated rings. The number of rotatable bonds is 3. The predicted molar refractivity (Wildman–Crippen MR) is 84.6 cm³/mol. The number of benzene rings is 1. The molecule has 5 heteroatoms. The quantitative estimate of drug-likeness (QED) is 0.347. The smallest absolute Gasteiger partial charge is 0.206 e. The van der Waals surface area contributed by atoms with Crippen LogP contribution in [0.3, 0.4) is 0 Å². The number of hydrogen-bond donors (Lipinski definition) is 3. The lowest BCUT2D eigenvalue weighted by Gasteiger charge is -2.22. The van der Waals surface area contributed by atoms with Crippen molar-refractivity contribution < 1.29 is 0 Å². The van der Waals surface area contributed by atoms with Crippen LogP contribution < -0.4 is 16.6 Å². The number of halogens is 1. The van der Waals surface area contributed by atoms with E-state index in [-0.39, 0.29) is 6.04 Å². The van der Waals surface area contributed by atoms with Gasteiger partial charge in [0, 0.05) is 5.02 Å². The summed E-state index contributed by atoms with van der Waals surface area (Å²) in [5, 5.41) is 4.06. The molecule has 110 valence electrons. The van der Waals surface area contributed by atoms with Crippen molar-refractivity contribution >= 4 is 17.6 Å². The van der Waals surface area contributed by atoms with Crippen LogP contribution in [-0.4, -0.2) is 12.0 Å². The Morgan fingerprint density at radius 2 is 1.90 bits per heavy atom. The summed E-state index contributed by atoms with van der Waals surface area (Å²) in [5.41, 5.74) is 3.83. The third kappa shape index (κ3) is 4.39. The SMILES string of the molecule is CC(NC(=NC1CCCCC1)NN)c1ccc(Cl)cc1. The highest BCUT2D eigenvalue weighted by Crippen LogP contribution is 2.20. The molecule has 0 amide bonds. The van der Waals surface area contributed by atoms with E-state index in [4.69, 9.17) is 17.4 Å². The van der Waals surface area contributed by atoms with Crippen LogP contribution in [0.25, 0.3) is 0 Å². The summed E-state index contributed by atoms with van der Waals surface area (Å²) >= 11 is 5.90. The zero-order chi connectivity index (χ0) is 14.4. The first-order valence-electron chi connectivity index (χ1n) is 7.25. The molecule has 20 heavy (non-hydrogen) atoms. The number of aliphatic imine (C=N–C) groups is 1. The van der Waals surface area contributed by atoms with Gasteiger partial charge in [-0.15, -0.1) is 0 Å². The van der Waals surface area contributed by atoms with Crippen molar-refractivity contribution in [3.8, 4) is 0 Å². The van der Waals surface area contributed by atoms with Gasteiger partial charge in [-0.2, -0.15) is 0 Å². The highest BCUT2D eigenvalue weighted by molar-refractivity contribution is 6.30. The van der Waals surface area contributed by atoms with Crippen molar-refractivity contribution in [2.75, 3.05) is 0 Å². The standard InChI is InChI=1S/C15H23ClN4/c1-11(12-7-9-13(16)10-8-12)18-15(20-17)19-14-5-3-2-4-6-14/h7-11,14H,2-6,17H2,1H3,(H2,18,19,20). The van der Waals surface area contributed by atoms with Gasteiger partial charge in [0.15, 0.2) is 0 Å². The Bertz CT molecular complexity index is 438. The number of nitrogens with zero attached hydrogens (tertiary/aromatic N) is 1. The van der Waals surface area contributed by atoms with Gasteiger partial charge >= 0.3 is 0 Å². The molecule has 4 N–H and O–H groups in total. The Morgan fingerprint density at radius 3 is 2.50 bits per heavy atom. The van der Waals surface area contributed by atoms with E-state index in [9.17, 15) is 0 Å². The zero-order valence-corrected chi connectivity index (χ0v) is 12.7. The number of nitrogens with two attached hydrogens (primary N) is 1. The predicted octanol–water partition coefficient (Wildman–Crippen LogP) is 3.14. The van der Waals surface area contributed by atoms with E-state index in [1.807, 2.05) is 24.3 Å². The molecule has 0 saturated heterocycles. The van der Waals surface area contributed by atoms with Gasteiger partial charge in [0.25, 0.3) is 0 Å². The first-order chi connectivity index (χ1) is 9.69. The second-order valence-electron chi connectivity index (χ2n) is 5.33. The normalized spacial score (nSPS) is 18.6. The van der Waals surface area contributed by atoms with E-state index in [2.05, 4.69) is 22.7 Å². The Balaban J connectivity index is 1.97. The Morgan fingerprint density at radius 1 is 1.25 bits per heavy atom. The second-order valence-corrected chi connectivity index (χ2v) is 5.77. The van der Waals surface area contributed by atoms with E-state index in [1.165, 1.54) is 19.3 Å². The molecule has 0 spiro atoms. The van der Waals surface area contributed by atoms with Crippen molar-refractivity contribution in [1.82, 2.24) is 10.7 Å². The molecule has 1 aliphatic carbocycles. The Kier molecular flexibility index (Phi) is 5.68. The molecule has 0 aliphatic heterocycles. The van der Waals surface area contributed by atoms with Crippen LogP contribution in [0.2, 0.25) is 5.02 Å². The van der Waals surface area contributed by atoms with Gasteiger partial charge in [-0.3, -0.25) is 5.43 Å². The van der Waals surface area contributed by atoms with Crippen molar-refractivity contribution in [1.29, 1.82) is 0 Å². The summed E-state index contributed by atoms with van der Waals surface area (Å²) in [7, 11) is 0. The third-order valence-electron chi connectivity index (χ3n) is 3.75. The molecule has 4 nitrogen and oxygen atoms in total. The van der Waals surface area contributed by atoms with E-state index < -0.39 is 0 Å². The summed E-state index contributed by atoms with van der Waals surface area (Å²) in [6, 6.07) is 8.32. The van der Waals surface area contributed by atoms with Crippen LogP contribution >= 0.6 is 11.6 Å². The van der Waals surface area contributed by atoms with Gasteiger partial charge in [-0.25, -0.2) is 10.8 Å². The van der Waals surface area contributed by atoms with Gasteiger partial charge in [0.2, 0.25) is 5.96 Å². The molecule has 0 heterocycles. The van der Waals surface area contributed by atoms with Gasteiger partial charge in [0.1, 0.15) is 0 Å². The lowest BCUT2D eigenvalue weighted by Crippen LogP contribution is -2.43. The van der Waals surface area contributed by atoms with E-state index >= 15 is 0 Å². The van der Waals surface area contributed by atoms with Gasteiger partial charge in [-0.05, 0) is 37.5 Å². The van der Waals surface area contributed by atoms with Gasteiger partial charge in [-0.1, -0.05) is 43.0 Å². The van der Waals surface area contributed by atoms with Gasteiger partial charge < -0.3 is 5.32 Å². The van der Waals surface area contributed by atoms with Crippen LogP contribution in [0.1, 0.15) is 50.6 Å². The van der Waals surface area contributed by atoms with Gasteiger partial charge in [0.05, 0.1) is 12.1 Å². The maximum absolute atomic E-state index is 5.90. The van der Waals surface area contributed by atoms with Crippen molar-refractivity contribution in [2.24, 2.45) is 10.8 Å². The Labute approximate surface area is 125 Å². The van der Waals surface area contributed by atoms with Crippen LogP contribution in [0.4, 0.5) is 0 Å². The minimum Gasteiger partial charge on any atom is -0.349 e. The first-order valence-corrected chi connectivity index (χ1v) is 7.63. The lowest BCUT2D eigenvalue weighted by atomic mass is 9.96. The fourth-order valence-corrected chi connectivity index (χ4v) is 2.67. The van der Waals surface area contributed by atoms with Crippen molar-refractivity contribution in [3.63, 3.8) is 0 Å². The molecule has 0 radical (unpaired) electrons. The maximum atomic E-state index is 5.90. The van der Waals surface area contributed by atoms with Crippen LogP contribution in [0, 0.1) is 0 Å². The summed E-state index contributed by atoms with van der Waals surface area (Å²) in [5.74, 6) is 6.24. The highest BCUT2D eigenvalue weighted by Gasteiger charge is 2.14. The van der Waals surface area contributed by atoms with E-state index in [0.29, 0.717) is 12.0 Å². The third-order valence-corrected chi connectivity index (χ3v) is 4.00. The molecule has 1 atom stereocenters. The number of hydrogen-bond acceptors (Lipinski definition) is 2. The lowest BCUT2D eigenvalue weighted by molar-refractivity contribution is 0.440. The highest BCUT2D eigenvalue weighted by atomic mass is 35.5. The molecule has 0 bridgehead atoms. The van der Waals surface area contributed by atoms with Crippen LogP contribution in [0.5, 0.6) is 0 Å². The van der Waals surface area contributed by atoms with Crippen LogP contribution in [0.15, 0.2) is 29.3 Å². The largest absolute Gasteiger partial charge is 0.349 e. The summed E-state index contributed by atoms with van der Waals surface area (Å²) < 4.78 is 0. The molecular formula is C15H23ClN4. The molecule has 0 aromatic heterocycles. The maximum Gasteiger partial charge on any atom is 0.206 e. The molecule has 1 aromatic carbocycles. The summed E-state index contributed by atoms with van der Waals surface area (Å²) in [6.45, 7) is 2.08.